The summed E-state index contributed by atoms with van der Waals surface area (Å²) >= 11 is 0. The van der Waals surface area contributed by atoms with Crippen LogP contribution in [0.3, 0.4) is 0 Å². The largest absolute Gasteiger partial charge is 0.366 e. The molecule has 2 rings (SSSR count). The summed E-state index contributed by atoms with van der Waals surface area (Å²) in [6, 6.07) is -0.977. The molecule has 1 unspecified atom stereocenters. The summed E-state index contributed by atoms with van der Waals surface area (Å²) in [7, 11) is 0. The molecule has 0 radical (unpaired) electrons. The smallest absolute Gasteiger partial charge is 0.262 e. The third kappa shape index (κ3) is 1.98. The highest BCUT2D eigenvalue weighted by atomic mass is 19.3. The summed E-state index contributed by atoms with van der Waals surface area (Å²) in [4.78, 5) is 0. The van der Waals surface area contributed by atoms with Crippen molar-refractivity contribution in [3.8, 4) is 0 Å². The van der Waals surface area contributed by atoms with Crippen molar-refractivity contribution in [2.24, 2.45) is 11.8 Å². The summed E-state index contributed by atoms with van der Waals surface area (Å²) in [5.41, 5.74) is 1.20. The first kappa shape index (κ1) is 14.4. The molecule has 1 aromatic rings. The van der Waals surface area contributed by atoms with Gasteiger partial charge in [0.1, 0.15) is 11.6 Å². The van der Waals surface area contributed by atoms with Gasteiger partial charge < -0.3 is 4.74 Å². The van der Waals surface area contributed by atoms with Gasteiger partial charge in [0, 0.05) is 0 Å². The predicted molar refractivity (Wildman–Crippen MR) is 69.3 cm³/mol. The number of alkyl halides is 2. The van der Waals surface area contributed by atoms with Crippen LogP contribution in [0.1, 0.15) is 45.0 Å². The minimum atomic E-state index is -2.46. The van der Waals surface area contributed by atoms with Crippen molar-refractivity contribution in [1.29, 1.82) is 0 Å². The van der Waals surface area contributed by atoms with E-state index < -0.39 is 18.1 Å². The Kier molecular flexibility index (Phi) is 3.69. The number of halogens is 2. The molecule has 108 valence electrons. The van der Waals surface area contributed by atoms with Crippen LogP contribution in [0.5, 0.6) is 0 Å². The highest BCUT2D eigenvalue weighted by molar-refractivity contribution is 5.27. The highest BCUT2D eigenvalue weighted by Gasteiger charge is 2.49. The monoisotopic (exact) mass is 272 g/mol. The van der Waals surface area contributed by atoms with E-state index in [0.29, 0.717) is 0 Å². The predicted octanol–water partition coefficient (Wildman–Crippen LogP) is 3.54. The van der Waals surface area contributed by atoms with Gasteiger partial charge in [-0.1, -0.05) is 27.7 Å². The zero-order valence-electron chi connectivity index (χ0n) is 12.2. The minimum Gasteiger partial charge on any atom is -0.366 e. The van der Waals surface area contributed by atoms with E-state index in [1.54, 1.807) is 6.20 Å². The van der Waals surface area contributed by atoms with Crippen LogP contribution in [-0.2, 0) is 10.3 Å². The van der Waals surface area contributed by atoms with E-state index in [4.69, 9.17) is 4.74 Å². The van der Waals surface area contributed by atoms with E-state index in [2.05, 4.69) is 32.8 Å². The molecular formula is C14H22F2N2O. The van der Waals surface area contributed by atoms with Crippen molar-refractivity contribution in [3.63, 3.8) is 0 Å². The number of hydrogen-bond acceptors (Lipinski definition) is 2. The highest BCUT2D eigenvalue weighted by Crippen LogP contribution is 2.46. The zero-order chi connectivity index (χ0) is 14.4. The molecule has 1 aliphatic rings. The quantitative estimate of drug-likeness (QED) is 0.841. The molecule has 1 aliphatic heterocycles. The molecule has 2 heterocycles. The molecule has 3 nitrogen and oxygen atoms in total. The number of hydrogen-bond donors (Lipinski definition) is 0. The van der Waals surface area contributed by atoms with E-state index in [-0.39, 0.29) is 18.4 Å². The van der Waals surface area contributed by atoms with Crippen LogP contribution < -0.4 is 0 Å². The number of fused-ring (bicyclic) bond motifs is 1. The van der Waals surface area contributed by atoms with Crippen molar-refractivity contribution in [3.05, 3.63) is 17.5 Å². The summed E-state index contributed by atoms with van der Waals surface area (Å²) in [6.07, 6.45) is -0.797. The van der Waals surface area contributed by atoms with Crippen molar-refractivity contribution < 1.29 is 13.5 Å². The van der Waals surface area contributed by atoms with Crippen LogP contribution in [0, 0.1) is 18.8 Å². The van der Waals surface area contributed by atoms with Gasteiger partial charge in [-0.3, -0.25) is 4.68 Å². The first-order valence-electron chi connectivity index (χ1n) is 6.79. The van der Waals surface area contributed by atoms with E-state index in [0.717, 1.165) is 11.3 Å². The Morgan fingerprint density at radius 1 is 1.32 bits per heavy atom. The molecule has 19 heavy (non-hydrogen) atoms. The van der Waals surface area contributed by atoms with Gasteiger partial charge in [0.2, 0.25) is 0 Å². The maximum atomic E-state index is 13.1. The Morgan fingerprint density at radius 2 is 1.89 bits per heavy atom. The normalized spacial score (nSPS) is 22.3. The summed E-state index contributed by atoms with van der Waals surface area (Å²) in [5.74, 6) is 0.389. The second-order valence-electron chi connectivity index (χ2n) is 5.94. The molecule has 0 saturated carbocycles. The Balaban J connectivity index is 2.62. The van der Waals surface area contributed by atoms with E-state index in [1.165, 1.54) is 4.68 Å². The number of rotatable bonds is 3. The fraction of sp³-hybridized carbons (Fsp3) is 0.786. The number of aromatic nitrogens is 2. The molecule has 0 saturated heterocycles. The van der Waals surface area contributed by atoms with Crippen LogP contribution in [0.4, 0.5) is 8.78 Å². The summed E-state index contributed by atoms with van der Waals surface area (Å²) in [5, 5.41) is 4.18. The van der Waals surface area contributed by atoms with E-state index in [9.17, 15) is 8.78 Å². The zero-order valence-corrected chi connectivity index (χ0v) is 12.2. The lowest BCUT2D eigenvalue weighted by Gasteiger charge is -2.46. The van der Waals surface area contributed by atoms with Crippen LogP contribution in [0.25, 0.3) is 0 Å². The molecule has 0 N–H and O–H groups in total. The molecular weight excluding hydrogens is 250 g/mol. The van der Waals surface area contributed by atoms with Crippen molar-refractivity contribution in [1.82, 2.24) is 9.78 Å². The van der Waals surface area contributed by atoms with E-state index in [1.807, 2.05) is 6.92 Å². The summed E-state index contributed by atoms with van der Waals surface area (Å²) in [6.45, 7) is 10.2. The van der Waals surface area contributed by atoms with Crippen molar-refractivity contribution in [2.45, 2.75) is 52.7 Å². The van der Waals surface area contributed by atoms with Gasteiger partial charge in [-0.2, -0.15) is 5.10 Å². The van der Waals surface area contributed by atoms with Crippen LogP contribution >= 0.6 is 0 Å². The Bertz CT molecular complexity index is 446. The maximum absolute atomic E-state index is 13.1. The Labute approximate surface area is 112 Å². The topological polar surface area (TPSA) is 27.1 Å². The molecule has 1 aromatic heterocycles. The fourth-order valence-corrected chi connectivity index (χ4v) is 3.28. The van der Waals surface area contributed by atoms with Gasteiger partial charge >= 0.3 is 0 Å². The molecule has 0 spiro atoms. The lowest BCUT2D eigenvalue weighted by Crippen LogP contribution is -2.49. The van der Waals surface area contributed by atoms with Gasteiger partial charge in [-0.15, -0.1) is 0 Å². The molecule has 0 fully saturated rings. The molecule has 0 bridgehead atoms. The van der Waals surface area contributed by atoms with Crippen LogP contribution in [0.15, 0.2) is 6.20 Å². The Hall–Kier alpha value is -0.970. The number of aryl methyl sites for hydroxylation is 1. The van der Waals surface area contributed by atoms with Gasteiger partial charge in [-0.25, -0.2) is 8.78 Å². The minimum absolute atomic E-state index is 0.0160. The maximum Gasteiger partial charge on any atom is 0.262 e. The lowest BCUT2D eigenvalue weighted by molar-refractivity contribution is -0.167. The first-order chi connectivity index (χ1) is 8.82. The number of ether oxygens (including phenoxy) is 1. The average molecular weight is 272 g/mol. The standard InChI is InChI=1S/C14H22F2N2O/c1-8(2)14(9(3)4)12-10(5)6-17-18(12)11(7-19-14)13(15)16/h6,8-9,11,13H,7H2,1-5H3. The molecule has 0 aromatic carbocycles. The summed E-state index contributed by atoms with van der Waals surface area (Å²) < 4.78 is 33.7. The van der Waals surface area contributed by atoms with Gasteiger partial charge in [0.15, 0.2) is 0 Å². The molecule has 0 aliphatic carbocycles. The molecule has 1 atom stereocenters. The van der Waals surface area contributed by atoms with Crippen LogP contribution in [-0.4, -0.2) is 22.8 Å². The van der Waals surface area contributed by atoms with Gasteiger partial charge in [0.25, 0.3) is 6.43 Å². The van der Waals surface area contributed by atoms with Crippen molar-refractivity contribution in [2.75, 3.05) is 6.61 Å². The van der Waals surface area contributed by atoms with Crippen LogP contribution in [0.2, 0.25) is 0 Å². The third-order valence-electron chi connectivity index (χ3n) is 4.16. The fourth-order valence-electron chi connectivity index (χ4n) is 3.28. The third-order valence-corrected chi connectivity index (χ3v) is 4.16. The van der Waals surface area contributed by atoms with Gasteiger partial charge in [-0.05, 0) is 24.3 Å². The van der Waals surface area contributed by atoms with Crippen molar-refractivity contribution >= 4 is 0 Å². The SMILES string of the molecule is Cc1cnn2c1C(C(C)C)(C(C)C)OCC2C(F)F. The Morgan fingerprint density at radius 3 is 2.37 bits per heavy atom. The second-order valence-corrected chi connectivity index (χ2v) is 5.94. The van der Waals surface area contributed by atoms with E-state index >= 15 is 0 Å². The second kappa shape index (κ2) is 4.85. The lowest BCUT2D eigenvalue weighted by atomic mass is 9.75. The molecule has 0 amide bonds. The van der Waals surface area contributed by atoms with Gasteiger partial charge in [0.05, 0.1) is 18.5 Å². The number of nitrogens with zero attached hydrogens (tertiary/aromatic N) is 2. The molecule has 5 heteroatoms. The average Bonchev–Trinajstić information content (AvgIpc) is 2.70. The first-order valence-corrected chi connectivity index (χ1v) is 6.79.